The van der Waals surface area contributed by atoms with Gasteiger partial charge < -0.3 is 5.11 Å². The van der Waals surface area contributed by atoms with E-state index < -0.39 is 5.97 Å². The van der Waals surface area contributed by atoms with E-state index in [0.29, 0.717) is 16.5 Å². The summed E-state index contributed by atoms with van der Waals surface area (Å²) in [6.07, 6.45) is 1.54. The van der Waals surface area contributed by atoms with E-state index in [2.05, 4.69) is 4.98 Å². The average Bonchev–Trinajstić information content (AvgIpc) is 2.93. The minimum Gasteiger partial charge on any atom is -0.478 e. The van der Waals surface area contributed by atoms with Crippen LogP contribution in [0, 0.1) is 6.92 Å². The van der Waals surface area contributed by atoms with Crippen LogP contribution in [0.15, 0.2) is 30.5 Å². The normalized spacial score (nSPS) is 11.1. The molecule has 0 aliphatic heterocycles. The van der Waals surface area contributed by atoms with Crippen molar-refractivity contribution < 1.29 is 9.90 Å². The Morgan fingerprint density at radius 3 is 2.79 bits per heavy atom. The van der Waals surface area contributed by atoms with Gasteiger partial charge in [-0.15, -0.1) is 11.3 Å². The number of fused-ring (bicyclic) bond motifs is 1. The molecule has 3 heterocycles. The van der Waals surface area contributed by atoms with Crippen LogP contribution in [-0.2, 0) is 0 Å². The van der Waals surface area contributed by atoms with Crippen LogP contribution in [0.4, 0.5) is 0 Å². The predicted molar refractivity (Wildman–Crippen MR) is 75.2 cm³/mol. The molecule has 0 amide bonds. The molecular formula is C13H9ClN2O2S. The molecule has 4 nitrogen and oxygen atoms in total. The molecule has 0 bridgehead atoms. The van der Waals surface area contributed by atoms with E-state index >= 15 is 0 Å². The molecular weight excluding hydrogens is 284 g/mol. The molecule has 0 fully saturated rings. The van der Waals surface area contributed by atoms with E-state index in [-0.39, 0.29) is 5.56 Å². The van der Waals surface area contributed by atoms with Crippen molar-refractivity contribution in [3.63, 3.8) is 0 Å². The van der Waals surface area contributed by atoms with E-state index in [1.807, 2.05) is 19.1 Å². The number of aryl methyl sites for hydroxylation is 1. The molecule has 6 heteroatoms. The van der Waals surface area contributed by atoms with Gasteiger partial charge in [0.15, 0.2) is 11.0 Å². The van der Waals surface area contributed by atoms with Gasteiger partial charge in [0, 0.05) is 11.1 Å². The lowest BCUT2D eigenvalue weighted by Crippen LogP contribution is -1.99. The first-order valence-corrected chi connectivity index (χ1v) is 6.73. The third kappa shape index (κ3) is 2.01. The lowest BCUT2D eigenvalue weighted by atomic mass is 10.3. The zero-order valence-electron chi connectivity index (χ0n) is 9.92. The average molecular weight is 293 g/mol. The van der Waals surface area contributed by atoms with Gasteiger partial charge in [-0.05, 0) is 31.2 Å². The number of aromatic carboxylic acids is 1. The summed E-state index contributed by atoms with van der Waals surface area (Å²) in [4.78, 5) is 17.5. The number of carbonyl (C=O) groups is 1. The summed E-state index contributed by atoms with van der Waals surface area (Å²) in [7, 11) is 0. The van der Waals surface area contributed by atoms with Gasteiger partial charge in [0.1, 0.15) is 0 Å². The fourth-order valence-electron chi connectivity index (χ4n) is 1.90. The maximum Gasteiger partial charge on any atom is 0.337 e. The third-order valence-electron chi connectivity index (χ3n) is 2.80. The Kier molecular flexibility index (Phi) is 2.80. The second-order valence-electron chi connectivity index (χ2n) is 4.11. The molecule has 3 rings (SSSR count). The Morgan fingerprint density at radius 1 is 1.37 bits per heavy atom. The van der Waals surface area contributed by atoms with Crippen molar-refractivity contribution in [1.82, 2.24) is 9.38 Å². The summed E-state index contributed by atoms with van der Waals surface area (Å²) in [6, 6.07) is 7.14. The molecule has 3 aromatic heterocycles. The van der Waals surface area contributed by atoms with Crippen LogP contribution < -0.4 is 0 Å². The largest absolute Gasteiger partial charge is 0.478 e. The van der Waals surface area contributed by atoms with Crippen LogP contribution in [0.5, 0.6) is 0 Å². The standard InChI is InChI=1S/C13H9ClN2O2S/c1-7-2-5-10(19-7)12-15-11(14)9-4-3-8(13(17)18)6-16(9)12/h2-6H,1H3,(H,17,18). The van der Waals surface area contributed by atoms with Crippen molar-refractivity contribution >= 4 is 34.4 Å². The Balaban J connectivity index is 2.29. The van der Waals surface area contributed by atoms with Gasteiger partial charge in [0.25, 0.3) is 0 Å². The number of thiophene rings is 1. The fraction of sp³-hybridized carbons (Fsp3) is 0.0769. The molecule has 0 aliphatic rings. The molecule has 3 aromatic rings. The maximum atomic E-state index is 11.0. The molecule has 0 spiro atoms. The molecule has 0 saturated heterocycles. The van der Waals surface area contributed by atoms with Crippen LogP contribution in [0.3, 0.4) is 0 Å². The summed E-state index contributed by atoms with van der Waals surface area (Å²) in [5, 5.41) is 9.43. The number of aromatic nitrogens is 2. The van der Waals surface area contributed by atoms with Gasteiger partial charge in [0.05, 0.1) is 16.0 Å². The first-order chi connectivity index (χ1) is 9.06. The highest BCUT2D eigenvalue weighted by atomic mass is 35.5. The van der Waals surface area contributed by atoms with Crippen LogP contribution in [0.2, 0.25) is 5.15 Å². The van der Waals surface area contributed by atoms with E-state index in [1.165, 1.54) is 6.07 Å². The minimum atomic E-state index is -0.972. The summed E-state index contributed by atoms with van der Waals surface area (Å²) in [6.45, 7) is 2.01. The van der Waals surface area contributed by atoms with E-state index in [9.17, 15) is 4.79 Å². The quantitative estimate of drug-likeness (QED) is 0.783. The number of rotatable bonds is 2. The molecule has 1 N–H and O–H groups in total. The summed E-state index contributed by atoms with van der Waals surface area (Å²) >= 11 is 7.69. The SMILES string of the molecule is Cc1ccc(-c2nc(Cl)c3ccc(C(=O)O)cn23)s1. The smallest absolute Gasteiger partial charge is 0.337 e. The summed E-state index contributed by atoms with van der Waals surface area (Å²) in [5.74, 6) is -0.304. The van der Waals surface area contributed by atoms with Crippen molar-refractivity contribution in [2.45, 2.75) is 6.92 Å². The van der Waals surface area contributed by atoms with Crippen molar-refractivity contribution in [1.29, 1.82) is 0 Å². The summed E-state index contributed by atoms with van der Waals surface area (Å²) in [5.41, 5.74) is 0.906. The number of nitrogens with zero attached hydrogens (tertiary/aromatic N) is 2. The second-order valence-corrected chi connectivity index (χ2v) is 5.76. The van der Waals surface area contributed by atoms with E-state index in [1.54, 1.807) is 28.0 Å². The van der Waals surface area contributed by atoms with Crippen molar-refractivity contribution in [2.24, 2.45) is 0 Å². The van der Waals surface area contributed by atoms with Gasteiger partial charge in [-0.2, -0.15) is 0 Å². The Labute approximate surface area is 117 Å². The van der Waals surface area contributed by atoms with Crippen molar-refractivity contribution in [3.8, 4) is 10.7 Å². The number of carboxylic acids is 1. The van der Waals surface area contributed by atoms with Crippen LogP contribution in [0.1, 0.15) is 15.2 Å². The number of pyridine rings is 1. The van der Waals surface area contributed by atoms with Gasteiger partial charge in [0.2, 0.25) is 0 Å². The number of hydrogen-bond donors (Lipinski definition) is 1. The number of carboxylic acid groups (broad SMARTS) is 1. The highest BCUT2D eigenvalue weighted by Crippen LogP contribution is 2.30. The highest BCUT2D eigenvalue weighted by molar-refractivity contribution is 7.15. The van der Waals surface area contributed by atoms with Gasteiger partial charge in [-0.1, -0.05) is 11.6 Å². The van der Waals surface area contributed by atoms with Crippen molar-refractivity contribution in [3.05, 3.63) is 46.1 Å². The topological polar surface area (TPSA) is 54.6 Å². The summed E-state index contributed by atoms with van der Waals surface area (Å²) < 4.78 is 1.72. The molecule has 0 aromatic carbocycles. The molecule has 0 aliphatic carbocycles. The molecule has 0 atom stereocenters. The number of halogens is 1. The molecule has 0 saturated carbocycles. The predicted octanol–water partition coefficient (Wildman–Crippen LogP) is 3.72. The Bertz CT molecular complexity index is 791. The van der Waals surface area contributed by atoms with E-state index in [0.717, 1.165) is 9.75 Å². The van der Waals surface area contributed by atoms with Gasteiger partial charge in [-0.3, -0.25) is 4.40 Å². The minimum absolute atomic E-state index is 0.205. The molecule has 0 unspecified atom stereocenters. The van der Waals surface area contributed by atoms with Crippen LogP contribution >= 0.6 is 22.9 Å². The Morgan fingerprint density at radius 2 is 2.16 bits per heavy atom. The lowest BCUT2D eigenvalue weighted by Gasteiger charge is -2.00. The van der Waals surface area contributed by atoms with Crippen LogP contribution in [0.25, 0.3) is 16.2 Å². The second kappa shape index (κ2) is 4.36. The molecule has 0 radical (unpaired) electrons. The Hall–Kier alpha value is -1.85. The number of imidazole rings is 1. The zero-order chi connectivity index (χ0) is 13.6. The first-order valence-electron chi connectivity index (χ1n) is 5.54. The van der Waals surface area contributed by atoms with Crippen molar-refractivity contribution in [2.75, 3.05) is 0 Å². The van der Waals surface area contributed by atoms with Gasteiger partial charge >= 0.3 is 5.97 Å². The first kappa shape index (κ1) is 12.2. The number of hydrogen-bond acceptors (Lipinski definition) is 3. The fourth-order valence-corrected chi connectivity index (χ4v) is 2.99. The van der Waals surface area contributed by atoms with Gasteiger partial charge in [-0.25, -0.2) is 9.78 Å². The maximum absolute atomic E-state index is 11.0. The zero-order valence-corrected chi connectivity index (χ0v) is 11.5. The monoisotopic (exact) mass is 292 g/mol. The lowest BCUT2D eigenvalue weighted by molar-refractivity contribution is 0.0696. The van der Waals surface area contributed by atoms with E-state index in [4.69, 9.17) is 16.7 Å². The van der Waals surface area contributed by atoms with Crippen LogP contribution in [-0.4, -0.2) is 20.5 Å². The third-order valence-corrected chi connectivity index (χ3v) is 4.07. The molecule has 19 heavy (non-hydrogen) atoms. The molecule has 96 valence electrons. The highest BCUT2D eigenvalue weighted by Gasteiger charge is 2.14.